The highest BCUT2D eigenvalue weighted by Gasteiger charge is 2.31. The minimum Gasteiger partial charge on any atom is -0.360 e. The summed E-state index contributed by atoms with van der Waals surface area (Å²) in [5, 5.41) is 3.94. The monoisotopic (exact) mass is 248 g/mol. The van der Waals surface area contributed by atoms with Gasteiger partial charge in [0.15, 0.2) is 5.69 Å². The largest absolute Gasteiger partial charge is 0.360 e. The van der Waals surface area contributed by atoms with Gasteiger partial charge in [0.25, 0.3) is 5.91 Å². The van der Waals surface area contributed by atoms with Gasteiger partial charge in [-0.3, -0.25) is 4.79 Å². The van der Waals surface area contributed by atoms with E-state index in [0.717, 1.165) is 18.8 Å². The van der Waals surface area contributed by atoms with E-state index >= 15 is 0 Å². The molecule has 2 aliphatic rings. The van der Waals surface area contributed by atoms with Gasteiger partial charge in [-0.15, -0.1) is 0 Å². The van der Waals surface area contributed by atoms with Crippen LogP contribution in [0.2, 0.25) is 0 Å². The van der Waals surface area contributed by atoms with Crippen LogP contribution in [0.3, 0.4) is 0 Å². The fourth-order valence-corrected chi connectivity index (χ4v) is 2.94. The molecule has 0 bridgehead atoms. The van der Waals surface area contributed by atoms with Crippen molar-refractivity contribution in [3.8, 4) is 0 Å². The first-order chi connectivity index (χ1) is 8.63. The zero-order valence-electron chi connectivity index (χ0n) is 11.1. The van der Waals surface area contributed by atoms with E-state index in [0.29, 0.717) is 23.4 Å². The van der Waals surface area contributed by atoms with E-state index in [2.05, 4.69) is 19.0 Å². The van der Waals surface area contributed by atoms with Gasteiger partial charge in [-0.05, 0) is 31.1 Å². The number of hydrogen-bond donors (Lipinski definition) is 0. The fraction of sp³-hybridized carbons (Fsp3) is 0.714. The number of carbonyl (C=O) groups is 1. The number of rotatable bonds is 2. The van der Waals surface area contributed by atoms with Crippen LogP contribution in [-0.4, -0.2) is 29.1 Å². The third-order valence-corrected chi connectivity index (χ3v) is 3.88. The molecule has 98 valence electrons. The third kappa shape index (κ3) is 2.28. The van der Waals surface area contributed by atoms with Crippen LogP contribution >= 0.6 is 0 Å². The first-order valence-electron chi connectivity index (χ1n) is 6.89. The molecule has 4 heteroatoms. The summed E-state index contributed by atoms with van der Waals surface area (Å²) < 4.78 is 5.26. The molecule has 0 N–H and O–H groups in total. The molecule has 4 nitrogen and oxygen atoms in total. The average molecular weight is 248 g/mol. The van der Waals surface area contributed by atoms with E-state index in [9.17, 15) is 4.79 Å². The highest BCUT2D eigenvalue weighted by molar-refractivity contribution is 5.92. The molecule has 2 atom stereocenters. The Morgan fingerprint density at radius 2 is 2.00 bits per heavy atom. The van der Waals surface area contributed by atoms with Gasteiger partial charge in [-0.2, -0.15) is 0 Å². The molecule has 0 radical (unpaired) electrons. The van der Waals surface area contributed by atoms with Gasteiger partial charge in [-0.1, -0.05) is 19.0 Å². The molecule has 1 saturated heterocycles. The molecule has 0 spiro atoms. The van der Waals surface area contributed by atoms with Gasteiger partial charge in [-0.25, -0.2) is 0 Å². The van der Waals surface area contributed by atoms with Crippen LogP contribution in [0, 0.1) is 11.8 Å². The van der Waals surface area contributed by atoms with E-state index in [1.807, 2.05) is 11.0 Å². The van der Waals surface area contributed by atoms with E-state index in [4.69, 9.17) is 4.52 Å². The van der Waals surface area contributed by atoms with Crippen molar-refractivity contribution >= 4 is 5.91 Å². The van der Waals surface area contributed by atoms with Crippen LogP contribution in [0.5, 0.6) is 0 Å². The molecule has 3 rings (SSSR count). The first kappa shape index (κ1) is 11.8. The number of hydrogen-bond acceptors (Lipinski definition) is 3. The molecule has 0 unspecified atom stereocenters. The van der Waals surface area contributed by atoms with E-state index in [1.54, 1.807) is 0 Å². The predicted octanol–water partition coefficient (Wildman–Crippen LogP) is 2.67. The summed E-state index contributed by atoms with van der Waals surface area (Å²) in [5.74, 6) is 2.58. The lowest BCUT2D eigenvalue weighted by molar-refractivity contribution is 0.0612. The van der Waals surface area contributed by atoms with E-state index in [-0.39, 0.29) is 5.91 Å². The number of piperidine rings is 1. The molecular weight excluding hydrogens is 228 g/mol. The van der Waals surface area contributed by atoms with Crippen molar-refractivity contribution in [2.24, 2.45) is 11.8 Å². The molecule has 0 aromatic carbocycles. The number of carbonyl (C=O) groups excluding carboxylic acids is 1. The number of amides is 1. The van der Waals surface area contributed by atoms with Crippen LogP contribution in [-0.2, 0) is 0 Å². The Bertz CT molecular complexity index is 440. The third-order valence-electron chi connectivity index (χ3n) is 3.88. The summed E-state index contributed by atoms with van der Waals surface area (Å²) in [4.78, 5) is 14.3. The van der Waals surface area contributed by atoms with Crippen molar-refractivity contribution in [3.05, 3.63) is 17.5 Å². The summed E-state index contributed by atoms with van der Waals surface area (Å²) in [6, 6.07) is 1.84. The van der Waals surface area contributed by atoms with Gasteiger partial charge in [0.1, 0.15) is 5.76 Å². The second-order valence-electron chi connectivity index (χ2n) is 6.04. The van der Waals surface area contributed by atoms with Crippen LogP contribution in [0.1, 0.15) is 55.3 Å². The van der Waals surface area contributed by atoms with E-state index in [1.165, 1.54) is 19.3 Å². The van der Waals surface area contributed by atoms with Gasteiger partial charge < -0.3 is 9.42 Å². The highest BCUT2D eigenvalue weighted by Crippen LogP contribution is 2.40. The molecule has 1 aromatic rings. The van der Waals surface area contributed by atoms with E-state index < -0.39 is 0 Å². The number of nitrogens with zero attached hydrogens (tertiary/aromatic N) is 2. The van der Waals surface area contributed by atoms with Crippen molar-refractivity contribution in [1.82, 2.24) is 10.1 Å². The minimum atomic E-state index is 0.0315. The van der Waals surface area contributed by atoms with Crippen LogP contribution in [0.25, 0.3) is 0 Å². The standard InChI is InChI=1S/C14H20N2O2/c1-9-5-10(2)8-16(7-9)14(17)12-6-13(18-15-12)11-3-4-11/h6,9-11H,3-5,7-8H2,1-2H3/t9-,10+. The second-order valence-corrected chi connectivity index (χ2v) is 6.04. The zero-order chi connectivity index (χ0) is 12.7. The van der Waals surface area contributed by atoms with Gasteiger partial charge in [0.05, 0.1) is 0 Å². The summed E-state index contributed by atoms with van der Waals surface area (Å²) in [7, 11) is 0. The predicted molar refractivity (Wildman–Crippen MR) is 67.3 cm³/mol. The van der Waals surface area contributed by atoms with Crippen molar-refractivity contribution < 1.29 is 9.32 Å². The minimum absolute atomic E-state index is 0.0315. The zero-order valence-corrected chi connectivity index (χ0v) is 11.1. The van der Waals surface area contributed by atoms with Crippen LogP contribution in [0.4, 0.5) is 0 Å². The Kier molecular flexibility index (Phi) is 2.88. The molecule has 1 aliphatic heterocycles. The van der Waals surface area contributed by atoms with Crippen LogP contribution < -0.4 is 0 Å². The Hall–Kier alpha value is -1.32. The quantitative estimate of drug-likeness (QED) is 0.808. The van der Waals surface area contributed by atoms with Gasteiger partial charge in [0.2, 0.25) is 0 Å². The molecule has 2 heterocycles. The first-order valence-corrected chi connectivity index (χ1v) is 6.89. The van der Waals surface area contributed by atoms with Gasteiger partial charge in [0, 0.05) is 25.1 Å². The number of aromatic nitrogens is 1. The Morgan fingerprint density at radius 3 is 2.61 bits per heavy atom. The molecule has 1 aromatic heterocycles. The van der Waals surface area contributed by atoms with Crippen molar-refractivity contribution in [1.29, 1.82) is 0 Å². The maximum Gasteiger partial charge on any atom is 0.276 e. The summed E-state index contributed by atoms with van der Waals surface area (Å²) in [6.45, 7) is 6.09. The summed E-state index contributed by atoms with van der Waals surface area (Å²) >= 11 is 0. The van der Waals surface area contributed by atoms with Gasteiger partial charge >= 0.3 is 0 Å². The SMILES string of the molecule is C[C@@H]1C[C@H](C)CN(C(=O)c2cc(C3CC3)on2)C1. The summed E-state index contributed by atoms with van der Waals surface area (Å²) in [5.41, 5.74) is 0.484. The average Bonchev–Trinajstić information content (AvgIpc) is 3.05. The fourth-order valence-electron chi connectivity index (χ4n) is 2.94. The van der Waals surface area contributed by atoms with Crippen molar-refractivity contribution in [3.63, 3.8) is 0 Å². The van der Waals surface area contributed by atoms with Crippen LogP contribution in [0.15, 0.2) is 10.6 Å². The van der Waals surface area contributed by atoms with Crippen molar-refractivity contribution in [2.45, 2.75) is 39.0 Å². The molecule has 1 saturated carbocycles. The molecule has 2 fully saturated rings. The smallest absolute Gasteiger partial charge is 0.276 e. The Labute approximate surface area is 107 Å². The normalized spacial score (nSPS) is 28.4. The number of likely N-dealkylation sites (tertiary alicyclic amines) is 1. The highest BCUT2D eigenvalue weighted by atomic mass is 16.5. The molecule has 1 amide bonds. The summed E-state index contributed by atoms with van der Waals surface area (Å²) in [6.07, 6.45) is 3.54. The Morgan fingerprint density at radius 1 is 1.33 bits per heavy atom. The lowest BCUT2D eigenvalue weighted by atomic mass is 9.92. The maximum absolute atomic E-state index is 12.4. The Balaban J connectivity index is 1.72. The molecular formula is C14H20N2O2. The maximum atomic E-state index is 12.4. The lowest BCUT2D eigenvalue weighted by Gasteiger charge is -2.34. The molecule has 18 heavy (non-hydrogen) atoms. The molecule has 1 aliphatic carbocycles. The van der Waals surface area contributed by atoms with Crippen molar-refractivity contribution in [2.75, 3.05) is 13.1 Å². The topological polar surface area (TPSA) is 46.3 Å². The lowest BCUT2D eigenvalue weighted by Crippen LogP contribution is -2.42. The second kappa shape index (κ2) is 4.41.